The molecule has 6 rings (SSSR count). The molecule has 0 radical (unpaired) electrons. The summed E-state index contributed by atoms with van der Waals surface area (Å²) >= 11 is 0. The molecule has 1 aromatic carbocycles. The average Bonchev–Trinajstić information content (AvgIpc) is 3.44. The zero-order valence-electron chi connectivity index (χ0n) is 18.3. The number of carbonyl (C=O) groups is 3. The smallest absolute Gasteiger partial charge is 0.255 e. The number of rotatable bonds is 4. The van der Waals surface area contributed by atoms with Gasteiger partial charge in [-0.25, -0.2) is 4.98 Å². The highest BCUT2D eigenvalue weighted by atomic mass is 16.2. The van der Waals surface area contributed by atoms with E-state index in [1.165, 1.54) is 19.3 Å². The first-order valence-corrected chi connectivity index (χ1v) is 11.3. The van der Waals surface area contributed by atoms with Gasteiger partial charge in [0.05, 0.1) is 30.0 Å². The number of aryl methyl sites for hydroxylation is 1. The number of carbonyl (C=O) groups excluding carboxylic acids is 3. The van der Waals surface area contributed by atoms with E-state index in [2.05, 4.69) is 26.3 Å². The molecule has 168 valence electrons. The number of imide groups is 1. The Labute approximate surface area is 190 Å². The fourth-order valence-electron chi connectivity index (χ4n) is 5.01. The fourth-order valence-corrected chi connectivity index (χ4v) is 5.01. The van der Waals surface area contributed by atoms with Crippen LogP contribution in [0.5, 0.6) is 0 Å². The Hall–Kier alpha value is -3.75. The quantitative estimate of drug-likeness (QED) is 0.623. The predicted octanol–water partition coefficient (Wildman–Crippen LogP) is 2.44. The van der Waals surface area contributed by atoms with Crippen molar-refractivity contribution in [1.82, 2.24) is 29.5 Å². The average molecular weight is 444 g/mol. The number of aromatic nitrogens is 4. The molecule has 0 unspecified atom stereocenters. The summed E-state index contributed by atoms with van der Waals surface area (Å²) in [5.41, 5.74) is 5.20. The van der Waals surface area contributed by atoms with E-state index in [4.69, 9.17) is 0 Å². The lowest BCUT2D eigenvalue weighted by molar-refractivity contribution is -0.136. The Balaban J connectivity index is 1.31. The van der Waals surface area contributed by atoms with E-state index < -0.39 is 11.9 Å². The van der Waals surface area contributed by atoms with Gasteiger partial charge in [0.1, 0.15) is 6.04 Å². The van der Waals surface area contributed by atoms with Crippen LogP contribution in [0.2, 0.25) is 0 Å². The summed E-state index contributed by atoms with van der Waals surface area (Å²) < 4.78 is 4.04. The Morgan fingerprint density at radius 3 is 2.70 bits per heavy atom. The molecule has 1 atom stereocenters. The van der Waals surface area contributed by atoms with Crippen LogP contribution < -0.4 is 5.32 Å². The first kappa shape index (κ1) is 19.9. The first-order valence-electron chi connectivity index (χ1n) is 11.3. The summed E-state index contributed by atoms with van der Waals surface area (Å²) in [7, 11) is 1.97. The maximum atomic E-state index is 13.0. The number of benzene rings is 1. The topological polar surface area (TPSA) is 102 Å². The van der Waals surface area contributed by atoms with E-state index in [1.54, 1.807) is 11.2 Å². The summed E-state index contributed by atoms with van der Waals surface area (Å²) in [5.74, 6) is -0.858. The second kappa shape index (κ2) is 7.40. The van der Waals surface area contributed by atoms with Crippen molar-refractivity contribution in [2.45, 2.75) is 50.7 Å². The lowest BCUT2D eigenvalue weighted by atomic mass is 9.93. The summed E-state index contributed by atoms with van der Waals surface area (Å²) in [6.45, 7) is 0.343. The van der Waals surface area contributed by atoms with E-state index in [0.29, 0.717) is 24.6 Å². The third-order valence-electron chi connectivity index (χ3n) is 7.06. The monoisotopic (exact) mass is 444 g/mol. The zero-order chi connectivity index (χ0) is 22.7. The number of imidazole rings is 1. The normalized spacial score (nSPS) is 20.7. The number of amides is 3. The fraction of sp³-hybridized carbons (Fsp3) is 0.375. The molecule has 9 nitrogen and oxygen atoms in total. The van der Waals surface area contributed by atoms with Crippen molar-refractivity contribution < 1.29 is 14.4 Å². The Morgan fingerprint density at radius 1 is 1.09 bits per heavy atom. The lowest BCUT2D eigenvalue weighted by Gasteiger charge is -2.29. The van der Waals surface area contributed by atoms with Crippen molar-refractivity contribution in [3.8, 4) is 22.5 Å². The molecule has 1 saturated carbocycles. The van der Waals surface area contributed by atoms with E-state index in [-0.39, 0.29) is 18.2 Å². The largest absolute Gasteiger partial charge is 0.333 e. The van der Waals surface area contributed by atoms with Crippen LogP contribution in [0, 0.1) is 0 Å². The highest BCUT2D eigenvalue weighted by molar-refractivity contribution is 6.05. The maximum Gasteiger partial charge on any atom is 0.255 e. The van der Waals surface area contributed by atoms with Crippen LogP contribution in [0.4, 0.5) is 0 Å². The number of nitrogens with one attached hydrogen (secondary N) is 1. The molecule has 2 fully saturated rings. The van der Waals surface area contributed by atoms with Crippen molar-refractivity contribution >= 4 is 17.7 Å². The number of hydrogen-bond acceptors (Lipinski definition) is 5. The zero-order valence-corrected chi connectivity index (χ0v) is 18.3. The summed E-state index contributed by atoms with van der Waals surface area (Å²) in [4.78, 5) is 43.0. The molecular weight excluding hydrogens is 420 g/mol. The van der Waals surface area contributed by atoms with E-state index in [1.807, 2.05) is 36.0 Å². The Kier molecular flexibility index (Phi) is 4.46. The molecule has 0 spiro atoms. The number of hydrogen-bond donors (Lipinski definition) is 1. The van der Waals surface area contributed by atoms with Gasteiger partial charge in [-0.1, -0.05) is 6.07 Å². The Bertz CT molecular complexity index is 1300. The molecule has 1 saturated heterocycles. The number of fused-ring (bicyclic) bond motifs is 1. The van der Waals surface area contributed by atoms with E-state index in [9.17, 15) is 14.4 Å². The van der Waals surface area contributed by atoms with Crippen LogP contribution in [0.25, 0.3) is 22.5 Å². The van der Waals surface area contributed by atoms with Crippen LogP contribution >= 0.6 is 0 Å². The minimum Gasteiger partial charge on any atom is -0.333 e. The molecule has 3 aliphatic rings. The van der Waals surface area contributed by atoms with Gasteiger partial charge in [0.15, 0.2) is 0 Å². The molecule has 2 aromatic heterocycles. The van der Waals surface area contributed by atoms with Crippen molar-refractivity contribution in [2.75, 3.05) is 0 Å². The molecule has 3 amide bonds. The molecule has 9 heteroatoms. The lowest BCUT2D eigenvalue weighted by Crippen LogP contribution is -2.52. The second-order valence-corrected chi connectivity index (χ2v) is 9.12. The third-order valence-corrected chi connectivity index (χ3v) is 7.06. The van der Waals surface area contributed by atoms with Crippen molar-refractivity contribution in [3.05, 3.63) is 48.0 Å². The Morgan fingerprint density at radius 2 is 1.94 bits per heavy atom. The summed E-state index contributed by atoms with van der Waals surface area (Å²) in [6, 6.07) is 5.58. The van der Waals surface area contributed by atoms with Crippen LogP contribution in [-0.2, 0) is 23.2 Å². The molecule has 2 aliphatic heterocycles. The van der Waals surface area contributed by atoms with Gasteiger partial charge in [-0.3, -0.25) is 24.4 Å². The van der Waals surface area contributed by atoms with E-state index in [0.717, 1.165) is 28.1 Å². The van der Waals surface area contributed by atoms with Crippen LogP contribution in [0.3, 0.4) is 0 Å². The molecule has 4 heterocycles. The van der Waals surface area contributed by atoms with E-state index >= 15 is 0 Å². The van der Waals surface area contributed by atoms with Gasteiger partial charge in [-0.2, -0.15) is 5.10 Å². The standard InChI is InChI=1S/C24H24N6O3/c1-28-13-25-21(22(28)16-10-26-30(12-16)17-3-2-4-17)14-5-6-18-15(9-14)11-29(24(18)33)19-7-8-20(31)27-23(19)32/h5-6,9-10,12-13,17,19H,2-4,7-8,11H2,1H3,(H,27,31,32)/t19-/m0/s1. The van der Waals surface area contributed by atoms with Crippen molar-refractivity contribution in [1.29, 1.82) is 0 Å². The molecule has 1 N–H and O–H groups in total. The summed E-state index contributed by atoms with van der Waals surface area (Å²) in [6.07, 6.45) is 9.95. The second-order valence-electron chi connectivity index (χ2n) is 9.12. The highest BCUT2D eigenvalue weighted by Gasteiger charge is 2.39. The minimum absolute atomic E-state index is 0.172. The van der Waals surface area contributed by atoms with Crippen LogP contribution in [0.15, 0.2) is 36.9 Å². The van der Waals surface area contributed by atoms with Gasteiger partial charge in [0, 0.05) is 42.9 Å². The van der Waals surface area contributed by atoms with Gasteiger partial charge >= 0.3 is 0 Å². The molecule has 3 aromatic rings. The van der Waals surface area contributed by atoms with Crippen molar-refractivity contribution in [2.24, 2.45) is 7.05 Å². The molecule has 1 aliphatic carbocycles. The molecule has 0 bridgehead atoms. The third kappa shape index (κ3) is 3.18. The summed E-state index contributed by atoms with van der Waals surface area (Å²) in [5, 5.41) is 6.92. The van der Waals surface area contributed by atoms with Crippen LogP contribution in [-0.4, -0.2) is 48.0 Å². The van der Waals surface area contributed by atoms with Gasteiger partial charge in [0.25, 0.3) is 5.91 Å². The van der Waals surface area contributed by atoms with Gasteiger partial charge < -0.3 is 9.47 Å². The first-order chi connectivity index (χ1) is 16.0. The van der Waals surface area contributed by atoms with Gasteiger partial charge in [0.2, 0.25) is 11.8 Å². The number of nitrogens with zero attached hydrogens (tertiary/aromatic N) is 5. The minimum atomic E-state index is -0.617. The molecular formula is C24H24N6O3. The maximum absolute atomic E-state index is 13.0. The number of piperidine rings is 1. The highest BCUT2D eigenvalue weighted by Crippen LogP contribution is 2.36. The van der Waals surface area contributed by atoms with Gasteiger partial charge in [-0.15, -0.1) is 0 Å². The van der Waals surface area contributed by atoms with Gasteiger partial charge in [-0.05, 0) is 43.4 Å². The SMILES string of the molecule is Cn1cnc(-c2ccc3c(c2)CN([C@H]2CCC(=O)NC2=O)C3=O)c1-c1cnn(C2CCC2)c1. The predicted molar refractivity (Wildman–Crippen MR) is 119 cm³/mol. The van der Waals surface area contributed by atoms with Crippen LogP contribution in [0.1, 0.15) is 54.1 Å². The molecule has 33 heavy (non-hydrogen) atoms. The van der Waals surface area contributed by atoms with Crippen molar-refractivity contribution in [3.63, 3.8) is 0 Å².